The fourth-order valence-electron chi connectivity index (χ4n) is 2.16. The van der Waals surface area contributed by atoms with Crippen molar-refractivity contribution in [1.29, 1.82) is 0 Å². The van der Waals surface area contributed by atoms with E-state index in [1.807, 2.05) is 18.0 Å². The molecule has 0 aliphatic heterocycles. The van der Waals surface area contributed by atoms with Crippen molar-refractivity contribution in [3.8, 4) is 0 Å². The Bertz CT molecular complexity index is 407. The molecule has 0 atom stereocenters. The Hall–Kier alpha value is -1.45. The van der Waals surface area contributed by atoms with Gasteiger partial charge in [0.1, 0.15) is 5.69 Å². The molecule has 0 saturated heterocycles. The Morgan fingerprint density at radius 1 is 1.53 bits per heavy atom. The lowest BCUT2D eigenvalue weighted by molar-refractivity contribution is 0.0753. The number of rotatable bonds is 5. The standard InChI is InChI=1S/C13H21N3O/c1-3-7-15(4-2)13(17)12-8-10(14)9-16(12)11-5-6-11/h8-9,11H,3-7,14H2,1-2H3. The number of nitrogen functional groups attached to an aromatic ring is 1. The number of carbonyl (C=O) groups is 1. The SMILES string of the molecule is CCCN(CC)C(=O)c1cc(N)cn1C1CC1. The molecule has 4 nitrogen and oxygen atoms in total. The van der Waals surface area contributed by atoms with Crippen LogP contribution < -0.4 is 5.73 Å². The highest BCUT2D eigenvalue weighted by atomic mass is 16.2. The minimum absolute atomic E-state index is 0.109. The molecule has 17 heavy (non-hydrogen) atoms. The lowest BCUT2D eigenvalue weighted by atomic mass is 10.3. The molecule has 1 saturated carbocycles. The van der Waals surface area contributed by atoms with Gasteiger partial charge in [0.25, 0.3) is 5.91 Å². The van der Waals surface area contributed by atoms with Crippen LogP contribution in [-0.2, 0) is 0 Å². The van der Waals surface area contributed by atoms with Gasteiger partial charge in [0.05, 0.1) is 5.69 Å². The molecule has 1 amide bonds. The summed E-state index contributed by atoms with van der Waals surface area (Å²) in [6, 6.07) is 2.30. The lowest BCUT2D eigenvalue weighted by Gasteiger charge is -2.20. The van der Waals surface area contributed by atoms with E-state index in [-0.39, 0.29) is 5.91 Å². The second-order valence-corrected chi connectivity index (χ2v) is 4.68. The monoisotopic (exact) mass is 235 g/mol. The molecule has 1 aliphatic rings. The molecule has 2 rings (SSSR count). The predicted molar refractivity (Wildman–Crippen MR) is 69.0 cm³/mol. The maximum atomic E-state index is 12.4. The van der Waals surface area contributed by atoms with Crippen molar-refractivity contribution >= 4 is 11.6 Å². The summed E-state index contributed by atoms with van der Waals surface area (Å²) in [7, 11) is 0. The molecule has 1 fully saturated rings. The minimum atomic E-state index is 0.109. The molecule has 4 heteroatoms. The van der Waals surface area contributed by atoms with Crippen molar-refractivity contribution < 1.29 is 4.79 Å². The van der Waals surface area contributed by atoms with Crippen molar-refractivity contribution in [1.82, 2.24) is 9.47 Å². The quantitative estimate of drug-likeness (QED) is 0.851. The summed E-state index contributed by atoms with van der Waals surface area (Å²) >= 11 is 0. The zero-order valence-electron chi connectivity index (χ0n) is 10.6. The number of amides is 1. The van der Waals surface area contributed by atoms with Crippen molar-refractivity contribution in [2.75, 3.05) is 18.8 Å². The van der Waals surface area contributed by atoms with Gasteiger partial charge in [-0.2, -0.15) is 0 Å². The van der Waals surface area contributed by atoms with E-state index < -0.39 is 0 Å². The summed E-state index contributed by atoms with van der Waals surface area (Å²) in [4.78, 5) is 14.3. The largest absolute Gasteiger partial charge is 0.397 e. The molecule has 0 radical (unpaired) electrons. The Morgan fingerprint density at radius 2 is 2.24 bits per heavy atom. The topological polar surface area (TPSA) is 51.3 Å². The van der Waals surface area contributed by atoms with Gasteiger partial charge in [0, 0.05) is 25.3 Å². The second-order valence-electron chi connectivity index (χ2n) is 4.68. The van der Waals surface area contributed by atoms with Crippen molar-refractivity contribution in [3.05, 3.63) is 18.0 Å². The maximum absolute atomic E-state index is 12.4. The average Bonchev–Trinajstić information content (AvgIpc) is 3.08. The van der Waals surface area contributed by atoms with Crippen LogP contribution in [0.2, 0.25) is 0 Å². The Balaban J connectivity index is 2.22. The van der Waals surface area contributed by atoms with Crippen LogP contribution in [0.4, 0.5) is 5.69 Å². The molecule has 1 aliphatic carbocycles. The number of aromatic nitrogens is 1. The zero-order chi connectivity index (χ0) is 12.4. The van der Waals surface area contributed by atoms with Crippen LogP contribution in [0.25, 0.3) is 0 Å². The number of nitrogens with two attached hydrogens (primary N) is 1. The normalized spacial score (nSPS) is 14.9. The van der Waals surface area contributed by atoms with Gasteiger partial charge in [-0.3, -0.25) is 4.79 Å². The Kier molecular flexibility index (Phi) is 3.41. The van der Waals surface area contributed by atoms with E-state index in [1.54, 1.807) is 6.07 Å². The van der Waals surface area contributed by atoms with Gasteiger partial charge in [-0.05, 0) is 32.3 Å². The first-order valence-electron chi connectivity index (χ1n) is 6.44. The van der Waals surface area contributed by atoms with E-state index in [9.17, 15) is 4.79 Å². The molecule has 94 valence electrons. The van der Waals surface area contributed by atoms with E-state index in [2.05, 4.69) is 11.5 Å². The van der Waals surface area contributed by atoms with E-state index in [1.165, 1.54) is 0 Å². The second kappa shape index (κ2) is 4.82. The summed E-state index contributed by atoms with van der Waals surface area (Å²) in [5.74, 6) is 0.109. The van der Waals surface area contributed by atoms with Crippen LogP contribution in [0.15, 0.2) is 12.3 Å². The van der Waals surface area contributed by atoms with Gasteiger partial charge < -0.3 is 15.2 Å². The molecular formula is C13H21N3O. The predicted octanol–water partition coefficient (Wildman–Crippen LogP) is 2.28. The summed E-state index contributed by atoms with van der Waals surface area (Å²) in [6.07, 6.45) is 5.20. The lowest BCUT2D eigenvalue weighted by Crippen LogP contribution is -2.32. The van der Waals surface area contributed by atoms with Gasteiger partial charge in [0.15, 0.2) is 0 Å². The number of anilines is 1. The van der Waals surface area contributed by atoms with Gasteiger partial charge in [-0.15, -0.1) is 0 Å². The van der Waals surface area contributed by atoms with Gasteiger partial charge in [0.2, 0.25) is 0 Å². The minimum Gasteiger partial charge on any atom is -0.397 e. The zero-order valence-corrected chi connectivity index (χ0v) is 10.6. The maximum Gasteiger partial charge on any atom is 0.270 e. The first kappa shape index (κ1) is 12.0. The van der Waals surface area contributed by atoms with Crippen molar-refractivity contribution in [2.45, 2.75) is 39.2 Å². The first-order valence-corrected chi connectivity index (χ1v) is 6.44. The molecule has 0 unspecified atom stereocenters. The highest BCUT2D eigenvalue weighted by Gasteiger charge is 2.28. The molecule has 0 aromatic carbocycles. The smallest absolute Gasteiger partial charge is 0.270 e. The summed E-state index contributed by atoms with van der Waals surface area (Å²) < 4.78 is 2.05. The fraction of sp³-hybridized carbons (Fsp3) is 0.615. The van der Waals surface area contributed by atoms with Crippen LogP contribution in [0.3, 0.4) is 0 Å². The molecule has 2 N–H and O–H groups in total. The Morgan fingerprint density at radius 3 is 2.76 bits per heavy atom. The van der Waals surface area contributed by atoms with Crippen LogP contribution in [0, 0.1) is 0 Å². The molecule has 1 aromatic heterocycles. The summed E-state index contributed by atoms with van der Waals surface area (Å²) in [5.41, 5.74) is 7.24. The summed E-state index contributed by atoms with van der Waals surface area (Å²) in [6.45, 7) is 5.67. The number of carbonyl (C=O) groups excluding carboxylic acids is 1. The number of hydrogen-bond donors (Lipinski definition) is 1. The molecule has 0 spiro atoms. The van der Waals surface area contributed by atoms with Gasteiger partial charge >= 0.3 is 0 Å². The molecule has 1 heterocycles. The van der Waals surface area contributed by atoms with Crippen LogP contribution in [-0.4, -0.2) is 28.5 Å². The third-order valence-corrected chi connectivity index (χ3v) is 3.19. The van der Waals surface area contributed by atoms with Gasteiger partial charge in [-0.25, -0.2) is 0 Å². The molecular weight excluding hydrogens is 214 g/mol. The third kappa shape index (κ3) is 2.46. The molecule has 1 aromatic rings. The third-order valence-electron chi connectivity index (χ3n) is 3.19. The number of nitrogens with zero attached hydrogens (tertiary/aromatic N) is 2. The first-order chi connectivity index (χ1) is 8.17. The number of hydrogen-bond acceptors (Lipinski definition) is 2. The van der Waals surface area contributed by atoms with E-state index in [0.29, 0.717) is 11.7 Å². The fourth-order valence-corrected chi connectivity index (χ4v) is 2.16. The summed E-state index contributed by atoms with van der Waals surface area (Å²) in [5, 5.41) is 0. The van der Waals surface area contributed by atoms with Crippen molar-refractivity contribution in [2.24, 2.45) is 0 Å². The highest BCUT2D eigenvalue weighted by Crippen LogP contribution is 2.37. The van der Waals surface area contributed by atoms with E-state index in [0.717, 1.165) is 38.0 Å². The molecule has 0 bridgehead atoms. The average molecular weight is 235 g/mol. The van der Waals surface area contributed by atoms with Crippen LogP contribution in [0.1, 0.15) is 49.6 Å². The van der Waals surface area contributed by atoms with Crippen LogP contribution in [0.5, 0.6) is 0 Å². The van der Waals surface area contributed by atoms with E-state index in [4.69, 9.17) is 5.73 Å². The van der Waals surface area contributed by atoms with Crippen LogP contribution >= 0.6 is 0 Å². The van der Waals surface area contributed by atoms with Crippen molar-refractivity contribution in [3.63, 3.8) is 0 Å². The Labute approximate surface area is 102 Å². The van der Waals surface area contributed by atoms with Gasteiger partial charge in [-0.1, -0.05) is 6.92 Å². The van der Waals surface area contributed by atoms with E-state index >= 15 is 0 Å². The highest BCUT2D eigenvalue weighted by molar-refractivity contribution is 5.94.